The molecule has 0 atom stereocenters. The normalized spacial score (nSPS) is 10.5. The van der Waals surface area contributed by atoms with Gasteiger partial charge in [-0.05, 0) is 31.6 Å². The van der Waals surface area contributed by atoms with E-state index in [1.807, 2.05) is 13.0 Å². The highest BCUT2D eigenvalue weighted by atomic mass is 32.1. The molecule has 2 N–H and O–H groups in total. The maximum Gasteiger partial charge on any atom is 0.171 e. The number of hydrogen-bond donors (Lipinski definition) is 2. The minimum atomic E-state index is -0.232. The third-order valence-electron chi connectivity index (χ3n) is 3.13. The number of thiocarbonyl (C=S) groups is 1. The van der Waals surface area contributed by atoms with Crippen molar-refractivity contribution in [3.05, 3.63) is 47.9 Å². The number of rotatable bonds is 8. The Balaban J connectivity index is 1.78. The highest BCUT2D eigenvalue weighted by Crippen LogP contribution is 2.10. The molecule has 124 valence electrons. The van der Waals surface area contributed by atoms with Crippen LogP contribution in [0.3, 0.4) is 0 Å². The van der Waals surface area contributed by atoms with Crippen LogP contribution in [0.15, 0.2) is 36.5 Å². The first-order chi connectivity index (χ1) is 11.2. The van der Waals surface area contributed by atoms with Crippen molar-refractivity contribution < 1.29 is 9.13 Å². The predicted molar refractivity (Wildman–Crippen MR) is 93.1 cm³/mol. The maximum atomic E-state index is 13.6. The summed E-state index contributed by atoms with van der Waals surface area (Å²) in [4.78, 5) is 0. The molecule has 0 amide bonds. The van der Waals surface area contributed by atoms with E-state index in [4.69, 9.17) is 17.0 Å². The molecule has 0 fully saturated rings. The van der Waals surface area contributed by atoms with Crippen LogP contribution in [0.2, 0.25) is 0 Å². The molecule has 1 heterocycles. The van der Waals surface area contributed by atoms with Crippen LogP contribution in [0.25, 0.3) is 0 Å². The Morgan fingerprint density at radius 3 is 2.96 bits per heavy atom. The maximum absolute atomic E-state index is 13.6. The minimum absolute atomic E-state index is 0.232. The van der Waals surface area contributed by atoms with Gasteiger partial charge in [0.15, 0.2) is 10.9 Å². The number of nitrogens with zero attached hydrogens (tertiary/aromatic N) is 2. The molecule has 2 aromatic rings. The van der Waals surface area contributed by atoms with Crippen molar-refractivity contribution in [2.75, 3.05) is 25.1 Å². The van der Waals surface area contributed by atoms with Crippen molar-refractivity contribution in [3.63, 3.8) is 0 Å². The van der Waals surface area contributed by atoms with Crippen LogP contribution in [0.4, 0.5) is 10.2 Å². The molecule has 0 aliphatic carbocycles. The average Bonchev–Trinajstić information content (AvgIpc) is 2.96. The van der Waals surface area contributed by atoms with Gasteiger partial charge in [0.1, 0.15) is 5.82 Å². The van der Waals surface area contributed by atoms with Gasteiger partial charge in [0, 0.05) is 37.6 Å². The zero-order valence-corrected chi connectivity index (χ0v) is 13.9. The summed E-state index contributed by atoms with van der Waals surface area (Å²) in [7, 11) is 0. The lowest BCUT2D eigenvalue weighted by Gasteiger charge is -2.08. The first-order valence-corrected chi connectivity index (χ1v) is 7.99. The number of nitrogens with one attached hydrogen (secondary N) is 2. The third kappa shape index (κ3) is 5.96. The molecule has 2 rings (SSSR count). The molecular weight excluding hydrogens is 315 g/mol. The van der Waals surface area contributed by atoms with Gasteiger partial charge >= 0.3 is 0 Å². The van der Waals surface area contributed by atoms with Gasteiger partial charge in [0.2, 0.25) is 0 Å². The summed E-state index contributed by atoms with van der Waals surface area (Å²) in [6.45, 7) is 4.52. The number of hydrogen-bond acceptors (Lipinski definition) is 3. The SMILES string of the molecule is CCOCCCNC(=S)Nc1ccn(Cc2ccccc2F)n1. The lowest BCUT2D eigenvalue weighted by molar-refractivity contribution is 0.146. The first kappa shape index (κ1) is 17.4. The van der Waals surface area contributed by atoms with Gasteiger partial charge in [0.25, 0.3) is 0 Å². The van der Waals surface area contributed by atoms with Crippen LogP contribution in [0, 0.1) is 5.82 Å². The monoisotopic (exact) mass is 336 g/mol. The summed E-state index contributed by atoms with van der Waals surface area (Å²) in [5.41, 5.74) is 0.596. The summed E-state index contributed by atoms with van der Waals surface area (Å²) in [6.07, 6.45) is 2.67. The molecule has 0 saturated heterocycles. The number of benzene rings is 1. The molecule has 7 heteroatoms. The smallest absolute Gasteiger partial charge is 0.171 e. The van der Waals surface area contributed by atoms with Gasteiger partial charge in [0.05, 0.1) is 6.54 Å². The highest BCUT2D eigenvalue weighted by molar-refractivity contribution is 7.80. The molecule has 0 spiro atoms. The van der Waals surface area contributed by atoms with Crippen LogP contribution in [-0.2, 0) is 11.3 Å². The fourth-order valence-electron chi connectivity index (χ4n) is 2.00. The zero-order valence-electron chi connectivity index (χ0n) is 13.1. The first-order valence-electron chi connectivity index (χ1n) is 7.58. The molecule has 1 aromatic carbocycles. The van der Waals surface area contributed by atoms with Crippen molar-refractivity contribution in [3.8, 4) is 0 Å². The number of ether oxygens (including phenoxy) is 1. The third-order valence-corrected chi connectivity index (χ3v) is 3.37. The zero-order chi connectivity index (χ0) is 16.5. The van der Waals surface area contributed by atoms with E-state index in [2.05, 4.69) is 15.7 Å². The fraction of sp³-hybridized carbons (Fsp3) is 0.375. The molecule has 0 radical (unpaired) electrons. The Morgan fingerprint density at radius 2 is 2.17 bits per heavy atom. The predicted octanol–water partition coefficient (Wildman–Crippen LogP) is 2.78. The second-order valence-corrected chi connectivity index (χ2v) is 5.33. The Labute approximate surface area is 140 Å². The lowest BCUT2D eigenvalue weighted by Crippen LogP contribution is -2.30. The van der Waals surface area contributed by atoms with E-state index >= 15 is 0 Å². The second kappa shape index (κ2) is 9.22. The Kier molecular flexibility index (Phi) is 6.96. The van der Waals surface area contributed by atoms with E-state index in [0.29, 0.717) is 29.6 Å². The van der Waals surface area contributed by atoms with E-state index < -0.39 is 0 Å². The van der Waals surface area contributed by atoms with E-state index in [1.165, 1.54) is 6.07 Å². The van der Waals surface area contributed by atoms with E-state index in [1.54, 1.807) is 29.1 Å². The van der Waals surface area contributed by atoms with Gasteiger partial charge in [-0.2, -0.15) is 5.10 Å². The summed E-state index contributed by atoms with van der Waals surface area (Å²) < 4.78 is 20.5. The van der Waals surface area contributed by atoms with Crippen LogP contribution < -0.4 is 10.6 Å². The second-order valence-electron chi connectivity index (χ2n) is 4.92. The van der Waals surface area contributed by atoms with Gasteiger partial charge in [-0.1, -0.05) is 18.2 Å². The Hall–Kier alpha value is -1.99. The molecule has 0 unspecified atom stereocenters. The number of aromatic nitrogens is 2. The molecule has 1 aromatic heterocycles. The Morgan fingerprint density at radius 1 is 1.35 bits per heavy atom. The number of halogens is 1. The average molecular weight is 336 g/mol. The van der Waals surface area contributed by atoms with Crippen molar-refractivity contribution in [1.82, 2.24) is 15.1 Å². The molecule has 0 bridgehead atoms. The topological polar surface area (TPSA) is 51.1 Å². The minimum Gasteiger partial charge on any atom is -0.382 e. The molecule has 0 aliphatic rings. The Bertz CT molecular complexity index is 632. The van der Waals surface area contributed by atoms with E-state index in [-0.39, 0.29) is 5.82 Å². The van der Waals surface area contributed by atoms with Gasteiger partial charge in [-0.15, -0.1) is 0 Å². The van der Waals surface area contributed by atoms with Crippen molar-refractivity contribution in [2.45, 2.75) is 19.9 Å². The molecule has 5 nitrogen and oxygen atoms in total. The standard InChI is InChI=1S/C16H21FN4OS/c1-2-22-11-5-9-18-16(23)19-15-8-10-21(20-15)12-13-6-3-4-7-14(13)17/h3-4,6-8,10H,2,5,9,11-12H2,1H3,(H2,18,19,20,23). The fourth-order valence-corrected chi connectivity index (χ4v) is 2.21. The van der Waals surface area contributed by atoms with Gasteiger partial charge in [-0.25, -0.2) is 4.39 Å². The van der Waals surface area contributed by atoms with Crippen LogP contribution in [0.1, 0.15) is 18.9 Å². The quantitative estimate of drug-likeness (QED) is 0.573. The molecule has 0 saturated carbocycles. The summed E-state index contributed by atoms with van der Waals surface area (Å²) in [6, 6.07) is 8.47. The van der Waals surface area contributed by atoms with E-state index in [0.717, 1.165) is 19.6 Å². The molecule has 23 heavy (non-hydrogen) atoms. The van der Waals surface area contributed by atoms with Gasteiger partial charge < -0.3 is 15.4 Å². The lowest BCUT2D eigenvalue weighted by atomic mass is 10.2. The number of anilines is 1. The van der Waals surface area contributed by atoms with Crippen molar-refractivity contribution in [2.24, 2.45) is 0 Å². The summed E-state index contributed by atoms with van der Waals surface area (Å²) in [5.74, 6) is 0.396. The summed E-state index contributed by atoms with van der Waals surface area (Å²) >= 11 is 5.20. The highest BCUT2D eigenvalue weighted by Gasteiger charge is 2.05. The van der Waals surface area contributed by atoms with Crippen LogP contribution >= 0.6 is 12.2 Å². The molecular formula is C16H21FN4OS. The van der Waals surface area contributed by atoms with Gasteiger partial charge in [-0.3, -0.25) is 4.68 Å². The van der Waals surface area contributed by atoms with Crippen LogP contribution in [0.5, 0.6) is 0 Å². The van der Waals surface area contributed by atoms with Crippen LogP contribution in [-0.4, -0.2) is 34.7 Å². The molecule has 0 aliphatic heterocycles. The summed E-state index contributed by atoms with van der Waals surface area (Å²) in [5, 5.41) is 10.9. The van der Waals surface area contributed by atoms with Crippen molar-refractivity contribution >= 4 is 23.1 Å². The van der Waals surface area contributed by atoms with Crippen molar-refractivity contribution in [1.29, 1.82) is 0 Å². The van der Waals surface area contributed by atoms with E-state index in [9.17, 15) is 4.39 Å². The largest absolute Gasteiger partial charge is 0.382 e.